The van der Waals surface area contributed by atoms with E-state index in [1.54, 1.807) is 12.1 Å². The van der Waals surface area contributed by atoms with Crippen LogP contribution in [0.25, 0.3) is 0 Å². The number of nitrogens with one attached hydrogen (secondary N) is 1. The first-order valence-corrected chi connectivity index (χ1v) is 6.15. The summed E-state index contributed by atoms with van der Waals surface area (Å²) in [5, 5.41) is 3.40. The van der Waals surface area contributed by atoms with Crippen LogP contribution in [0, 0.1) is 5.82 Å². The topological polar surface area (TPSA) is 24.5 Å². The van der Waals surface area contributed by atoms with Crippen LogP contribution in [-0.2, 0) is 11.3 Å². The highest BCUT2D eigenvalue weighted by molar-refractivity contribution is 5.33. The van der Waals surface area contributed by atoms with Crippen LogP contribution in [0.1, 0.15) is 17.2 Å². The molecule has 1 aromatic rings. The number of rotatable bonds is 1. The molecule has 1 atom stereocenters. The van der Waals surface area contributed by atoms with Crippen LogP contribution >= 0.6 is 0 Å². The summed E-state index contributed by atoms with van der Waals surface area (Å²) in [4.78, 5) is 2.38. The van der Waals surface area contributed by atoms with Gasteiger partial charge in [-0.2, -0.15) is 0 Å². The molecule has 4 heteroatoms. The Hall–Kier alpha value is -0.970. The van der Waals surface area contributed by atoms with Gasteiger partial charge in [0.1, 0.15) is 5.82 Å². The number of halogens is 1. The van der Waals surface area contributed by atoms with E-state index in [0.29, 0.717) is 6.04 Å². The molecule has 0 aliphatic carbocycles. The third-order valence-corrected chi connectivity index (χ3v) is 3.61. The van der Waals surface area contributed by atoms with Gasteiger partial charge in [0.15, 0.2) is 0 Å². The van der Waals surface area contributed by atoms with E-state index in [1.165, 1.54) is 5.56 Å². The van der Waals surface area contributed by atoms with Crippen LogP contribution in [0.15, 0.2) is 18.2 Å². The third kappa shape index (κ3) is 2.20. The van der Waals surface area contributed by atoms with Crippen molar-refractivity contribution < 1.29 is 9.13 Å². The molecule has 0 saturated carbocycles. The molecular weight excluding hydrogens is 219 g/mol. The minimum atomic E-state index is -0.135. The van der Waals surface area contributed by atoms with Crippen molar-refractivity contribution in [2.75, 3.05) is 32.8 Å². The molecule has 0 unspecified atom stereocenters. The van der Waals surface area contributed by atoms with Crippen LogP contribution in [0.4, 0.5) is 4.39 Å². The van der Waals surface area contributed by atoms with Gasteiger partial charge in [0.2, 0.25) is 0 Å². The van der Waals surface area contributed by atoms with Crippen molar-refractivity contribution in [3.05, 3.63) is 35.1 Å². The summed E-state index contributed by atoms with van der Waals surface area (Å²) in [5.74, 6) is -0.135. The Morgan fingerprint density at radius 1 is 1.29 bits per heavy atom. The Morgan fingerprint density at radius 3 is 2.94 bits per heavy atom. The average Bonchev–Trinajstić information content (AvgIpc) is 2.39. The van der Waals surface area contributed by atoms with Crippen molar-refractivity contribution in [2.24, 2.45) is 0 Å². The summed E-state index contributed by atoms with van der Waals surface area (Å²) < 4.78 is 18.7. The Morgan fingerprint density at radius 2 is 2.12 bits per heavy atom. The smallest absolute Gasteiger partial charge is 0.123 e. The highest BCUT2D eigenvalue weighted by Crippen LogP contribution is 2.28. The van der Waals surface area contributed by atoms with E-state index < -0.39 is 0 Å². The third-order valence-electron chi connectivity index (χ3n) is 3.61. The zero-order valence-corrected chi connectivity index (χ0v) is 9.79. The normalized spacial score (nSPS) is 25.6. The molecular formula is C13H17FN2O. The molecule has 1 saturated heterocycles. The first-order chi connectivity index (χ1) is 8.34. The van der Waals surface area contributed by atoms with E-state index in [-0.39, 0.29) is 5.82 Å². The Bertz CT molecular complexity index is 404. The molecule has 0 amide bonds. The number of nitrogens with zero attached hydrogens (tertiary/aromatic N) is 1. The SMILES string of the molecule is Fc1ccc2c(c1)[C@@H](N1CCOCC1)CNC2. The molecule has 1 aromatic carbocycles. The van der Waals surface area contributed by atoms with Gasteiger partial charge in [0.25, 0.3) is 0 Å². The van der Waals surface area contributed by atoms with Crippen molar-refractivity contribution in [2.45, 2.75) is 12.6 Å². The molecule has 0 aromatic heterocycles. The monoisotopic (exact) mass is 236 g/mol. The molecule has 17 heavy (non-hydrogen) atoms. The molecule has 2 aliphatic rings. The van der Waals surface area contributed by atoms with Gasteiger partial charge < -0.3 is 10.1 Å². The molecule has 0 spiro atoms. The number of morpholine rings is 1. The van der Waals surface area contributed by atoms with Crippen molar-refractivity contribution in [1.82, 2.24) is 10.2 Å². The summed E-state index contributed by atoms with van der Waals surface area (Å²) in [7, 11) is 0. The maximum absolute atomic E-state index is 13.4. The minimum Gasteiger partial charge on any atom is -0.379 e. The fourth-order valence-corrected chi connectivity index (χ4v) is 2.71. The van der Waals surface area contributed by atoms with Gasteiger partial charge >= 0.3 is 0 Å². The van der Waals surface area contributed by atoms with Gasteiger partial charge in [-0.25, -0.2) is 4.39 Å². The zero-order valence-electron chi connectivity index (χ0n) is 9.79. The maximum Gasteiger partial charge on any atom is 0.123 e. The molecule has 92 valence electrons. The summed E-state index contributed by atoms with van der Waals surface area (Å²) in [6.45, 7) is 5.17. The van der Waals surface area contributed by atoms with Gasteiger partial charge in [0, 0.05) is 32.2 Å². The van der Waals surface area contributed by atoms with Gasteiger partial charge in [0.05, 0.1) is 13.2 Å². The molecule has 1 fully saturated rings. The van der Waals surface area contributed by atoms with E-state index in [2.05, 4.69) is 10.2 Å². The fourth-order valence-electron chi connectivity index (χ4n) is 2.71. The van der Waals surface area contributed by atoms with Crippen molar-refractivity contribution >= 4 is 0 Å². The van der Waals surface area contributed by atoms with E-state index in [4.69, 9.17) is 4.74 Å². The molecule has 3 nitrogen and oxygen atoms in total. The van der Waals surface area contributed by atoms with Crippen LogP contribution in [0.5, 0.6) is 0 Å². The highest BCUT2D eigenvalue weighted by Gasteiger charge is 2.27. The van der Waals surface area contributed by atoms with Gasteiger partial charge in [-0.1, -0.05) is 6.07 Å². The fraction of sp³-hybridized carbons (Fsp3) is 0.538. The van der Waals surface area contributed by atoms with Crippen LogP contribution in [0.2, 0.25) is 0 Å². The zero-order chi connectivity index (χ0) is 11.7. The van der Waals surface area contributed by atoms with E-state index >= 15 is 0 Å². The Balaban J connectivity index is 1.89. The Labute approximate surface area is 101 Å². The summed E-state index contributed by atoms with van der Waals surface area (Å²) in [6, 6.07) is 5.42. The molecule has 0 radical (unpaired) electrons. The lowest BCUT2D eigenvalue weighted by Gasteiger charge is -2.38. The largest absolute Gasteiger partial charge is 0.379 e. The van der Waals surface area contributed by atoms with Crippen LogP contribution in [-0.4, -0.2) is 37.7 Å². The second-order valence-electron chi connectivity index (χ2n) is 4.64. The maximum atomic E-state index is 13.4. The number of ether oxygens (including phenoxy) is 1. The Kier molecular flexibility index (Phi) is 3.09. The first kappa shape index (κ1) is 11.1. The average molecular weight is 236 g/mol. The van der Waals surface area contributed by atoms with E-state index in [9.17, 15) is 4.39 Å². The lowest BCUT2D eigenvalue weighted by atomic mass is 9.95. The van der Waals surface area contributed by atoms with Crippen molar-refractivity contribution in [1.29, 1.82) is 0 Å². The minimum absolute atomic E-state index is 0.135. The number of hydrogen-bond acceptors (Lipinski definition) is 3. The molecule has 3 rings (SSSR count). The predicted octanol–water partition coefficient (Wildman–Crippen LogP) is 1.30. The highest BCUT2D eigenvalue weighted by atomic mass is 19.1. The molecule has 2 aliphatic heterocycles. The second-order valence-corrected chi connectivity index (χ2v) is 4.64. The quantitative estimate of drug-likeness (QED) is 0.795. The summed E-state index contributed by atoms with van der Waals surface area (Å²) >= 11 is 0. The molecule has 2 heterocycles. The second kappa shape index (κ2) is 4.72. The number of hydrogen-bond donors (Lipinski definition) is 1. The molecule has 0 bridgehead atoms. The lowest BCUT2D eigenvalue weighted by Crippen LogP contribution is -2.45. The van der Waals surface area contributed by atoms with E-state index in [1.807, 2.05) is 6.07 Å². The predicted molar refractivity (Wildman–Crippen MR) is 63.2 cm³/mol. The van der Waals surface area contributed by atoms with Crippen LogP contribution in [0.3, 0.4) is 0 Å². The van der Waals surface area contributed by atoms with Gasteiger partial charge in [-0.3, -0.25) is 4.90 Å². The van der Waals surface area contributed by atoms with Gasteiger partial charge in [-0.15, -0.1) is 0 Å². The summed E-state index contributed by atoms with van der Waals surface area (Å²) in [6.07, 6.45) is 0. The lowest BCUT2D eigenvalue weighted by molar-refractivity contribution is 0.0145. The van der Waals surface area contributed by atoms with E-state index in [0.717, 1.165) is 45.0 Å². The molecule has 1 N–H and O–H groups in total. The van der Waals surface area contributed by atoms with Crippen molar-refractivity contribution in [3.8, 4) is 0 Å². The number of fused-ring (bicyclic) bond motifs is 1. The van der Waals surface area contributed by atoms with Crippen molar-refractivity contribution in [3.63, 3.8) is 0 Å². The standard InChI is InChI=1S/C13H17FN2O/c14-11-2-1-10-8-15-9-13(12(10)7-11)16-3-5-17-6-4-16/h1-2,7,13,15H,3-6,8-9H2/t13-/m0/s1. The summed E-state index contributed by atoms with van der Waals surface area (Å²) in [5.41, 5.74) is 2.36. The van der Waals surface area contributed by atoms with Gasteiger partial charge in [-0.05, 0) is 23.3 Å². The number of benzene rings is 1. The van der Waals surface area contributed by atoms with Crippen LogP contribution < -0.4 is 5.32 Å². The first-order valence-electron chi connectivity index (χ1n) is 6.15.